The molecule has 2 aliphatic carbocycles. The van der Waals surface area contributed by atoms with E-state index in [-0.39, 0.29) is 30.7 Å². The molecule has 276 valence electrons. The van der Waals surface area contributed by atoms with E-state index in [2.05, 4.69) is 31.4 Å². The molecular formula is C39H56N2O9. The molecule has 6 heterocycles. The second-order valence-electron chi connectivity index (χ2n) is 17.7. The number of aryl methyl sites for hydroxylation is 1. The number of fused-ring (bicyclic) bond motifs is 1. The first kappa shape index (κ1) is 34.8. The number of carbonyl (C=O) groups excluding carboxylic acids is 3. The minimum Gasteiger partial charge on any atom is -0.469 e. The number of cyclic esters (lactones) is 2. The van der Waals surface area contributed by atoms with E-state index < -0.39 is 63.8 Å². The topological polar surface area (TPSA) is 149 Å². The van der Waals surface area contributed by atoms with Gasteiger partial charge in [0.25, 0.3) is 0 Å². The molecule has 2 saturated carbocycles. The monoisotopic (exact) mass is 696 g/mol. The maximum absolute atomic E-state index is 14.8. The van der Waals surface area contributed by atoms with Crippen LogP contribution in [-0.2, 0) is 39.8 Å². The number of hydrogen-bond donors (Lipinski definition) is 3. The van der Waals surface area contributed by atoms with Crippen LogP contribution >= 0.6 is 0 Å². The Bertz CT molecular complexity index is 1520. The van der Waals surface area contributed by atoms with Crippen molar-refractivity contribution in [3.63, 3.8) is 0 Å². The van der Waals surface area contributed by atoms with E-state index in [1.54, 1.807) is 6.26 Å². The average Bonchev–Trinajstić information content (AvgIpc) is 3.33. The molecule has 12 atom stereocenters. The van der Waals surface area contributed by atoms with E-state index in [1.165, 1.54) is 12.8 Å². The fourth-order valence-electron chi connectivity index (χ4n) is 12.2. The number of aliphatic hydroxyl groups is 1. The molecule has 7 fully saturated rings. The van der Waals surface area contributed by atoms with Crippen LogP contribution in [0.5, 0.6) is 0 Å². The summed E-state index contributed by atoms with van der Waals surface area (Å²) in [5.74, 6) is -0.814. The molecule has 8 rings (SSSR count). The number of unbranched alkanes of at least 4 members (excludes halogenated alkanes) is 3. The van der Waals surface area contributed by atoms with Gasteiger partial charge in [0.2, 0.25) is 0 Å². The van der Waals surface area contributed by atoms with Crippen molar-refractivity contribution in [1.82, 2.24) is 10.6 Å². The van der Waals surface area contributed by atoms with Gasteiger partial charge in [-0.25, -0.2) is 4.79 Å². The van der Waals surface area contributed by atoms with Crippen LogP contribution in [0.3, 0.4) is 0 Å². The number of aliphatic hydroxyl groups excluding tert-OH is 1. The van der Waals surface area contributed by atoms with Gasteiger partial charge in [-0.1, -0.05) is 47.0 Å². The zero-order valence-electron chi connectivity index (χ0n) is 30.4. The Morgan fingerprint density at radius 2 is 1.84 bits per heavy atom. The molecule has 5 aliphatic heterocycles. The lowest BCUT2D eigenvalue weighted by atomic mass is 9.36. The van der Waals surface area contributed by atoms with E-state index in [0.717, 1.165) is 56.6 Å². The van der Waals surface area contributed by atoms with Crippen LogP contribution in [0.15, 0.2) is 16.7 Å². The molecule has 0 bridgehead atoms. The largest absolute Gasteiger partial charge is 0.469 e. The fraction of sp³-hybridized carbons (Fsp3) is 0.821. The van der Waals surface area contributed by atoms with Crippen molar-refractivity contribution in [3.8, 4) is 0 Å². The Morgan fingerprint density at radius 3 is 2.60 bits per heavy atom. The van der Waals surface area contributed by atoms with E-state index >= 15 is 0 Å². The van der Waals surface area contributed by atoms with E-state index in [1.807, 2.05) is 19.9 Å². The molecule has 11 heteroatoms. The van der Waals surface area contributed by atoms with Gasteiger partial charge < -0.3 is 39.1 Å². The van der Waals surface area contributed by atoms with Crippen molar-refractivity contribution in [1.29, 1.82) is 0 Å². The summed E-state index contributed by atoms with van der Waals surface area (Å²) in [5, 5.41) is 19.2. The van der Waals surface area contributed by atoms with Crippen LogP contribution in [0, 0.1) is 34.0 Å². The number of carbonyl (C=O) groups is 3. The maximum Gasteiger partial charge on any atom is 0.339 e. The molecule has 0 unspecified atom stereocenters. The van der Waals surface area contributed by atoms with Gasteiger partial charge in [0.1, 0.15) is 30.2 Å². The standard InChI is InChI=1S/C39H56N2O9/c1-22(2)12-16-36(4)30-29(43)31(44)37(5)26(38(30)20-47-28(42)18-27(38)49-36)13-15-35(3)32(48-34(45)33-39(35,37)50-33)24-14-17-46-25(24)11-9-7-6-8-10-23-19-40-21-41-23/h14,17,22-23,26-27,30-33,40-41,44H,6-13,15-16,18-21H2,1-5H3/t23-,26-,27-,30+,31+,32-,33+,35-,36-,37-,38-,39+/m0/s1. The Balaban J connectivity index is 1.09. The highest BCUT2D eigenvalue weighted by molar-refractivity contribution is 5.92. The molecule has 0 aromatic carbocycles. The van der Waals surface area contributed by atoms with Crippen LogP contribution in [0.25, 0.3) is 0 Å². The first-order valence-electron chi connectivity index (χ1n) is 19.3. The van der Waals surface area contributed by atoms with Crippen molar-refractivity contribution < 1.29 is 42.9 Å². The summed E-state index contributed by atoms with van der Waals surface area (Å²) in [7, 11) is 0. The number of rotatable bonds is 11. The SMILES string of the molecule is CC(C)CC[C@]1(C)O[C@H]2CC(=O)OC[C@]23[C@H]2CC[C@@]4(C)[C@H](c5ccoc5CCCCCC[C@H]5CNCN5)OC(=O)[C@H]5O[C@]54[C@]2(C)[C@H](O)C(=O)[C@@H]31. The quantitative estimate of drug-likeness (QED) is 0.170. The Kier molecular flexibility index (Phi) is 8.42. The molecule has 50 heavy (non-hydrogen) atoms. The smallest absolute Gasteiger partial charge is 0.339 e. The summed E-state index contributed by atoms with van der Waals surface area (Å²) in [4.78, 5) is 41.5. The lowest BCUT2D eigenvalue weighted by molar-refractivity contribution is -0.252. The predicted octanol–water partition coefficient (Wildman–Crippen LogP) is 4.54. The number of hydrogen-bond acceptors (Lipinski definition) is 11. The zero-order valence-corrected chi connectivity index (χ0v) is 30.4. The molecule has 0 radical (unpaired) electrons. The number of ether oxygens (including phenoxy) is 4. The third-order valence-electron chi connectivity index (χ3n) is 14.6. The highest BCUT2D eigenvalue weighted by Gasteiger charge is 2.90. The van der Waals surface area contributed by atoms with Gasteiger partial charge in [-0.2, -0.15) is 0 Å². The van der Waals surface area contributed by atoms with Gasteiger partial charge in [0, 0.05) is 47.5 Å². The van der Waals surface area contributed by atoms with Crippen LogP contribution in [0.1, 0.15) is 116 Å². The lowest BCUT2D eigenvalue weighted by Gasteiger charge is -2.66. The second kappa shape index (κ2) is 12.1. The first-order valence-corrected chi connectivity index (χ1v) is 19.3. The second-order valence-corrected chi connectivity index (χ2v) is 17.7. The predicted molar refractivity (Wildman–Crippen MR) is 181 cm³/mol. The van der Waals surface area contributed by atoms with Crippen LogP contribution in [0.4, 0.5) is 0 Å². The number of esters is 2. The number of epoxide rings is 1. The van der Waals surface area contributed by atoms with Gasteiger partial charge in [-0.3, -0.25) is 9.59 Å². The summed E-state index contributed by atoms with van der Waals surface area (Å²) in [5.41, 5.74) is -3.89. The molecule has 0 amide bonds. The third-order valence-corrected chi connectivity index (χ3v) is 14.6. The Labute approximate surface area is 295 Å². The normalized spacial score (nSPS) is 46.1. The van der Waals surface area contributed by atoms with Gasteiger partial charge in [-0.05, 0) is 63.4 Å². The lowest BCUT2D eigenvalue weighted by Crippen LogP contribution is -2.76. The summed E-state index contributed by atoms with van der Waals surface area (Å²) in [6.45, 7) is 12.3. The molecule has 7 aliphatic rings. The van der Waals surface area contributed by atoms with E-state index in [0.29, 0.717) is 31.2 Å². The molecular weight excluding hydrogens is 640 g/mol. The third kappa shape index (κ3) is 4.68. The summed E-state index contributed by atoms with van der Waals surface area (Å²) in [6, 6.07) is 2.48. The van der Waals surface area contributed by atoms with Crippen molar-refractivity contribution in [2.45, 2.75) is 147 Å². The number of nitrogens with one attached hydrogen (secondary N) is 2. The minimum absolute atomic E-state index is 0.0580. The Morgan fingerprint density at radius 1 is 1.04 bits per heavy atom. The molecule has 5 saturated heterocycles. The number of Topliss-reactive ketones (excluding diaryl/α,β-unsaturated/α-hetero) is 1. The van der Waals surface area contributed by atoms with Crippen molar-refractivity contribution >= 4 is 17.7 Å². The average molecular weight is 697 g/mol. The van der Waals surface area contributed by atoms with Crippen LogP contribution in [-0.4, -0.2) is 78.2 Å². The van der Waals surface area contributed by atoms with E-state index in [4.69, 9.17) is 23.4 Å². The van der Waals surface area contributed by atoms with Gasteiger partial charge in [-0.15, -0.1) is 0 Å². The highest BCUT2D eigenvalue weighted by atomic mass is 16.7. The first-order chi connectivity index (χ1) is 23.8. The van der Waals surface area contributed by atoms with Gasteiger partial charge >= 0.3 is 11.9 Å². The van der Waals surface area contributed by atoms with Crippen molar-refractivity contribution in [3.05, 3.63) is 23.7 Å². The van der Waals surface area contributed by atoms with Crippen molar-refractivity contribution in [2.75, 3.05) is 19.8 Å². The zero-order chi connectivity index (χ0) is 35.3. The molecule has 1 aromatic rings. The maximum atomic E-state index is 14.8. The fourth-order valence-corrected chi connectivity index (χ4v) is 12.2. The number of furan rings is 1. The molecule has 2 spiro atoms. The van der Waals surface area contributed by atoms with Gasteiger partial charge in [0.15, 0.2) is 11.9 Å². The van der Waals surface area contributed by atoms with Crippen LogP contribution < -0.4 is 10.6 Å². The van der Waals surface area contributed by atoms with E-state index in [9.17, 15) is 19.5 Å². The summed E-state index contributed by atoms with van der Waals surface area (Å²) < 4.78 is 31.7. The summed E-state index contributed by atoms with van der Waals surface area (Å²) >= 11 is 0. The highest BCUT2D eigenvalue weighted by Crippen LogP contribution is 2.80. The minimum atomic E-state index is -1.39. The molecule has 3 N–H and O–H groups in total. The molecule has 1 aromatic heterocycles. The number of ketones is 1. The molecule has 11 nitrogen and oxygen atoms in total. The van der Waals surface area contributed by atoms with Gasteiger partial charge in [0.05, 0.1) is 30.3 Å². The Hall–Kier alpha value is -2.31. The van der Waals surface area contributed by atoms with Crippen LogP contribution in [0.2, 0.25) is 0 Å². The summed E-state index contributed by atoms with van der Waals surface area (Å²) in [6.07, 6.45) is 7.29. The van der Waals surface area contributed by atoms with Crippen molar-refractivity contribution in [2.24, 2.45) is 34.0 Å².